The summed E-state index contributed by atoms with van der Waals surface area (Å²) in [6, 6.07) is 0. The number of hydrogen-bond acceptors (Lipinski definition) is 7. The van der Waals surface area contributed by atoms with Gasteiger partial charge in [0.1, 0.15) is 12.2 Å². The van der Waals surface area contributed by atoms with Gasteiger partial charge in [-0.3, -0.25) is 0 Å². The Balaban J connectivity index is 2.87. The topological polar surface area (TPSA) is 102 Å². The standard InChI is InChI=1S/C12H16O7/c1-6(11(15)17-2)19-9-5-7(12(16)18-3)4-8(13)10(9)14/h5,8-10,13-14H,1,4H2,2-3H3. The average Bonchev–Trinajstić information content (AvgIpc) is 2.41. The second-order valence-electron chi connectivity index (χ2n) is 3.94. The predicted molar refractivity (Wildman–Crippen MR) is 62.8 cm³/mol. The van der Waals surface area contributed by atoms with E-state index in [9.17, 15) is 19.8 Å². The molecule has 0 saturated carbocycles. The van der Waals surface area contributed by atoms with Gasteiger partial charge < -0.3 is 24.4 Å². The van der Waals surface area contributed by atoms with Gasteiger partial charge in [0.15, 0.2) is 5.76 Å². The van der Waals surface area contributed by atoms with Gasteiger partial charge in [0.25, 0.3) is 0 Å². The normalized spacial score (nSPS) is 26.1. The SMILES string of the molecule is C=C(OC1C=C(C(=O)OC)CC(O)C1O)C(=O)OC. The molecule has 0 amide bonds. The smallest absolute Gasteiger partial charge is 0.372 e. The summed E-state index contributed by atoms with van der Waals surface area (Å²) >= 11 is 0. The maximum atomic E-state index is 11.4. The summed E-state index contributed by atoms with van der Waals surface area (Å²) in [7, 11) is 2.35. The molecule has 0 aliphatic heterocycles. The Bertz CT molecular complexity index is 412. The number of hydrogen-bond donors (Lipinski definition) is 2. The van der Waals surface area contributed by atoms with Gasteiger partial charge in [-0.1, -0.05) is 0 Å². The average molecular weight is 272 g/mol. The molecule has 1 rings (SSSR count). The van der Waals surface area contributed by atoms with E-state index in [1.807, 2.05) is 0 Å². The van der Waals surface area contributed by atoms with Crippen LogP contribution in [0.25, 0.3) is 0 Å². The van der Waals surface area contributed by atoms with Crippen molar-refractivity contribution >= 4 is 11.9 Å². The molecular weight excluding hydrogens is 256 g/mol. The Hall–Kier alpha value is -1.86. The van der Waals surface area contributed by atoms with Gasteiger partial charge in [-0.15, -0.1) is 0 Å². The van der Waals surface area contributed by atoms with E-state index >= 15 is 0 Å². The molecule has 0 heterocycles. The molecule has 0 aromatic heterocycles. The van der Waals surface area contributed by atoms with E-state index in [1.54, 1.807) is 0 Å². The van der Waals surface area contributed by atoms with Crippen LogP contribution in [0.2, 0.25) is 0 Å². The fourth-order valence-electron chi connectivity index (χ4n) is 1.64. The summed E-state index contributed by atoms with van der Waals surface area (Å²) in [4.78, 5) is 22.5. The van der Waals surface area contributed by atoms with Crippen LogP contribution < -0.4 is 0 Å². The van der Waals surface area contributed by atoms with Crippen LogP contribution in [0.15, 0.2) is 24.0 Å². The van der Waals surface area contributed by atoms with Crippen LogP contribution in [0.4, 0.5) is 0 Å². The molecule has 0 aromatic rings. The first kappa shape index (κ1) is 15.2. The molecule has 106 valence electrons. The minimum Gasteiger partial charge on any atom is -0.477 e. The van der Waals surface area contributed by atoms with Crippen LogP contribution in [-0.4, -0.2) is 54.7 Å². The Morgan fingerprint density at radius 3 is 2.47 bits per heavy atom. The zero-order valence-corrected chi connectivity index (χ0v) is 10.7. The fraction of sp³-hybridized carbons (Fsp3) is 0.500. The van der Waals surface area contributed by atoms with Crippen molar-refractivity contribution in [2.24, 2.45) is 0 Å². The van der Waals surface area contributed by atoms with Crippen molar-refractivity contribution < 1.29 is 34.0 Å². The first-order chi connectivity index (χ1) is 8.90. The highest BCUT2D eigenvalue weighted by Crippen LogP contribution is 2.24. The highest BCUT2D eigenvalue weighted by Gasteiger charge is 2.35. The molecule has 0 spiro atoms. The summed E-state index contributed by atoms with van der Waals surface area (Å²) in [5.74, 6) is -1.77. The molecule has 3 unspecified atom stereocenters. The monoisotopic (exact) mass is 272 g/mol. The number of esters is 2. The first-order valence-electron chi connectivity index (χ1n) is 5.49. The van der Waals surface area contributed by atoms with Crippen LogP contribution in [0.3, 0.4) is 0 Å². The lowest BCUT2D eigenvalue weighted by molar-refractivity contribution is -0.143. The lowest BCUT2D eigenvalue weighted by atomic mass is 9.92. The number of rotatable bonds is 4. The molecule has 0 fully saturated rings. The summed E-state index contributed by atoms with van der Waals surface area (Å²) in [6.45, 7) is 3.33. The summed E-state index contributed by atoms with van der Waals surface area (Å²) in [5.41, 5.74) is 0.156. The first-order valence-corrected chi connectivity index (χ1v) is 5.49. The van der Waals surface area contributed by atoms with Gasteiger partial charge in [-0.25, -0.2) is 9.59 Å². The van der Waals surface area contributed by atoms with Crippen molar-refractivity contribution in [1.82, 2.24) is 0 Å². The molecule has 0 aromatic carbocycles. The van der Waals surface area contributed by atoms with E-state index in [1.165, 1.54) is 13.2 Å². The van der Waals surface area contributed by atoms with Crippen LogP contribution in [0.1, 0.15) is 6.42 Å². The lowest BCUT2D eigenvalue weighted by Gasteiger charge is -2.30. The van der Waals surface area contributed by atoms with Gasteiger partial charge in [0.2, 0.25) is 0 Å². The number of methoxy groups -OCH3 is 2. The largest absolute Gasteiger partial charge is 0.477 e. The summed E-state index contributed by atoms with van der Waals surface area (Å²) in [6.07, 6.45) is -2.33. The number of aliphatic hydroxyl groups is 2. The molecule has 7 nitrogen and oxygen atoms in total. The molecule has 3 atom stereocenters. The van der Waals surface area contributed by atoms with E-state index in [2.05, 4.69) is 16.1 Å². The number of carbonyl (C=O) groups is 2. The van der Waals surface area contributed by atoms with E-state index in [0.29, 0.717) is 0 Å². The van der Waals surface area contributed by atoms with Crippen molar-refractivity contribution in [2.75, 3.05) is 14.2 Å². The molecule has 0 radical (unpaired) electrons. The summed E-state index contributed by atoms with van der Waals surface area (Å²) in [5, 5.41) is 19.4. The van der Waals surface area contributed by atoms with E-state index < -0.39 is 30.3 Å². The quantitative estimate of drug-likeness (QED) is 0.395. The maximum Gasteiger partial charge on any atom is 0.372 e. The van der Waals surface area contributed by atoms with Crippen LogP contribution in [0, 0.1) is 0 Å². The minimum atomic E-state index is -1.28. The zero-order valence-electron chi connectivity index (χ0n) is 10.7. The summed E-state index contributed by atoms with van der Waals surface area (Å²) < 4.78 is 14.0. The number of aliphatic hydroxyl groups excluding tert-OH is 2. The van der Waals surface area contributed by atoms with Gasteiger partial charge in [-0.2, -0.15) is 0 Å². The third-order valence-electron chi connectivity index (χ3n) is 2.66. The number of carbonyl (C=O) groups excluding carboxylic acids is 2. The molecule has 1 aliphatic carbocycles. The zero-order chi connectivity index (χ0) is 14.6. The molecule has 0 saturated heterocycles. The van der Waals surface area contributed by atoms with Crippen LogP contribution in [-0.2, 0) is 23.8 Å². The molecule has 1 aliphatic rings. The van der Waals surface area contributed by atoms with Crippen molar-refractivity contribution in [1.29, 1.82) is 0 Å². The molecule has 7 heteroatoms. The fourth-order valence-corrected chi connectivity index (χ4v) is 1.64. The highest BCUT2D eigenvalue weighted by atomic mass is 16.6. The minimum absolute atomic E-state index is 0.0571. The maximum absolute atomic E-state index is 11.4. The van der Waals surface area contributed by atoms with Gasteiger partial charge in [-0.05, 0) is 12.7 Å². The molecule has 19 heavy (non-hydrogen) atoms. The molecule has 0 bridgehead atoms. The van der Waals surface area contributed by atoms with Crippen molar-refractivity contribution in [3.63, 3.8) is 0 Å². The predicted octanol–water partition coefficient (Wildman–Crippen LogP) is -0.717. The van der Waals surface area contributed by atoms with Gasteiger partial charge in [0, 0.05) is 12.0 Å². The third-order valence-corrected chi connectivity index (χ3v) is 2.66. The Morgan fingerprint density at radius 2 is 1.95 bits per heavy atom. The molecular formula is C12H16O7. The molecule has 2 N–H and O–H groups in total. The van der Waals surface area contributed by atoms with Crippen LogP contribution in [0.5, 0.6) is 0 Å². The Kier molecular flexibility index (Phi) is 5.08. The second kappa shape index (κ2) is 6.35. The van der Waals surface area contributed by atoms with Crippen molar-refractivity contribution in [2.45, 2.75) is 24.7 Å². The van der Waals surface area contributed by atoms with E-state index in [0.717, 1.165) is 7.11 Å². The van der Waals surface area contributed by atoms with Crippen LogP contribution >= 0.6 is 0 Å². The Morgan fingerprint density at radius 1 is 1.32 bits per heavy atom. The van der Waals surface area contributed by atoms with E-state index in [4.69, 9.17) is 4.74 Å². The lowest BCUT2D eigenvalue weighted by Crippen LogP contribution is -2.42. The number of ether oxygens (including phenoxy) is 3. The highest BCUT2D eigenvalue weighted by molar-refractivity contribution is 5.89. The second-order valence-corrected chi connectivity index (χ2v) is 3.94. The third kappa shape index (κ3) is 3.55. The van der Waals surface area contributed by atoms with Crippen molar-refractivity contribution in [3.8, 4) is 0 Å². The van der Waals surface area contributed by atoms with E-state index in [-0.39, 0.29) is 17.8 Å². The van der Waals surface area contributed by atoms with Gasteiger partial charge in [0.05, 0.1) is 20.3 Å². The van der Waals surface area contributed by atoms with Gasteiger partial charge >= 0.3 is 11.9 Å². The van der Waals surface area contributed by atoms with Crippen molar-refractivity contribution in [3.05, 3.63) is 24.0 Å². The Labute approximate surface area is 110 Å².